The molecule has 1 saturated carbocycles. The highest BCUT2D eigenvalue weighted by Crippen LogP contribution is 2.56. The summed E-state index contributed by atoms with van der Waals surface area (Å²) in [6.07, 6.45) is 5.45. The summed E-state index contributed by atoms with van der Waals surface area (Å²) in [5.74, 6) is 6.87. The van der Waals surface area contributed by atoms with Crippen molar-refractivity contribution in [1.82, 2.24) is 4.67 Å². The number of rotatable bonds is 1. The van der Waals surface area contributed by atoms with Crippen molar-refractivity contribution in [3.05, 3.63) is 0 Å². The highest BCUT2D eigenvalue weighted by molar-refractivity contribution is 7.44. The topological polar surface area (TPSA) is 47.7 Å². The standard InChI is InChI=1S/C9H17N2O2P/c10-13-14-11-5-7(6-12-14)8-3-1-2-4-9(8)11/h7-9H,1-6,10H2/t7-,8+,9?,14+/m0/s1. The van der Waals surface area contributed by atoms with Gasteiger partial charge in [-0.05, 0) is 18.8 Å². The van der Waals surface area contributed by atoms with Crippen molar-refractivity contribution >= 4 is 8.53 Å². The van der Waals surface area contributed by atoms with E-state index in [0.29, 0.717) is 6.04 Å². The fourth-order valence-corrected chi connectivity index (χ4v) is 4.78. The zero-order chi connectivity index (χ0) is 9.54. The summed E-state index contributed by atoms with van der Waals surface area (Å²) in [6.45, 7) is 2.01. The van der Waals surface area contributed by atoms with Crippen LogP contribution in [0.1, 0.15) is 25.7 Å². The van der Waals surface area contributed by atoms with Gasteiger partial charge in [0.25, 0.3) is 8.53 Å². The van der Waals surface area contributed by atoms with Crippen LogP contribution in [0, 0.1) is 11.8 Å². The highest BCUT2D eigenvalue weighted by Gasteiger charge is 2.49. The Hall–Kier alpha value is 0.270. The lowest BCUT2D eigenvalue weighted by Crippen LogP contribution is -2.32. The maximum Gasteiger partial charge on any atom is 0.276 e. The molecule has 2 bridgehead atoms. The Balaban J connectivity index is 1.81. The van der Waals surface area contributed by atoms with Crippen LogP contribution >= 0.6 is 8.53 Å². The Morgan fingerprint density at radius 2 is 2.21 bits per heavy atom. The molecule has 0 aromatic carbocycles. The minimum Gasteiger partial charge on any atom is -0.321 e. The maximum absolute atomic E-state index is 5.65. The quantitative estimate of drug-likeness (QED) is 0.534. The van der Waals surface area contributed by atoms with E-state index in [1.165, 1.54) is 25.7 Å². The molecular formula is C9H17N2O2P. The Kier molecular flexibility index (Phi) is 2.50. The van der Waals surface area contributed by atoms with Gasteiger partial charge in [0, 0.05) is 18.5 Å². The van der Waals surface area contributed by atoms with Crippen molar-refractivity contribution in [3.63, 3.8) is 0 Å². The first-order chi connectivity index (χ1) is 6.90. The summed E-state index contributed by atoms with van der Waals surface area (Å²) in [5.41, 5.74) is 0. The van der Waals surface area contributed by atoms with Crippen LogP contribution in [0.4, 0.5) is 0 Å². The van der Waals surface area contributed by atoms with E-state index in [4.69, 9.17) is 15.0 Å². The van der Waals surface area contributed by atoms with Crippen LogP contribution in [-0.2, 0) is 9.15 Å². The molecule has 4 nitrogen and oxygen atoms in total. The minimum absolute atomic E-state index is 0.700. The highest BCUT2D eigenvalue weighted by atomic mass is 31.2. The predicted molar refractivity (Wildman–Crippen MR) is 54.1 cm³/mol. The van der Waals surface area contributed by atoms with Gasteiger partial charge in [-0.3, -0.25) is 0 Å². The monoisotopic (exact) mass is 216 g/mol. The molecule has 3 fully saturated rings. The molecule has 3 rings (SSSR count). The molecule has 14 heavy (non-hydrogen) atoms. The molecule has 5 atom stereocenters. The molecule has 1 aliphatic carbocycles. The lowest BCUT2D eigenvalue weighted by Gasteiger charge is -2.32. The van der Waals surface area contributed by atoms with E-state index in [1.807, 2.05) is 0 Å². The van der Waals surface area contributed by atoms with E-state index in [9.17, 15) is 0 Å². The molecule has 2 heterocycles. The van der Waals surface area contributed by atoms with Crippen LogP contribution < -0.4 is 5.90 Å². The first kappa shape index (κ1) is 9.49. The third-order valence-corrected chi connectivity index (χ3v) is 5.32. The van der Waals surface area contributed by atoms with Crippen LogP contribution in [0.2, 0.25) is 0 Å². The van der Waals surface area contributed by atoms with E-state index < -0.39 is 8.53 Å². The molecule has 0 amide bonds. The smallest absolute Gasteiger partial charge is 0.276 e. The normalized spacial score (nSPS) is 51.6. The van der Waals surface area contributed by atoms with E-state index in [2.05, 4.69) is 4.67 Å². The van der Waals surface area contributed by atoms with Gasteiger partial charge < -0.3 is 4.52 Å². The molecular weight excluding hydrogens is 199 g/mol. The number of nitrogens with two attached hydrogens (primary N) is 1. The van der Waals surface area contributed by atoms with Crippen LogP contribution in [-0.4, -0.2) is 23.9 Å². The van der Waals surface area contributed by atoms with Crippen molar-refractivity contribution < 1.29 is 9.15 Å². The fourth-order valence-electron chi connectivity index (χ4n) is 3.26. The molecule has 0 radical (unpaired) electrons. The third-order valence-electron chi connectivity index (χ3n) is 3.89. The zero-order valence-electron chi connectivity index (χ0n) is 8.26. The predicted octanol–water partition coefficient (Wildman–Crippen LogP) is 1.62. The molecule has 80 valence electrons. The zero-order valence-corrected chi connectivity index (χ0v) is 9.16. The summed E-state index contributed by atoms with van der Waals surface area (Å²) in [6, 6.07) is 0.700. The van der Waals surface area contributed by atoms with Gasteiger partial charge in [0.1, 0.15) is 0 Å². The molecule has 2 N–H and O–H groups in total. The Morgan fingerprint density at radius 1 is 1.36 bits per heavy atom. The van der Waals surface area contributed by atoms with Gasteiger partial charge in [-0.1, -0.05) is 12.8 Å². The summed E-state index contributed by atoms with van der Waals surface area (Å²) < 4.78 is 13.0. The average Bonchev–Trinajstić information content (AvgIpc) is 2.55. The molecule has 0 aromatic heterocycles. The molecule has 0 aromatic rings. The average molecular weight is 216 g/mol. The second-order valence-corrected chi connectivity index (χ2v) is 6.00. The molecule has 3 aliphatic rings. The van der Waals surface area contributed by atoms with Gasteiger partial charge in [-0.2, -0.15) is 0 Å². The Labute approximate surface area is 85.7 Å². The van der Waals surface area contributed by atoms with E-state index >= 15 is 0 Å². The Bertz CT molecular complexity index is 229. The molecule has 0 spiro atoms. The van der Waals surface area contributed by atoms with E-state index in [-0.39, 0.29) is 0 Å². The number of hydrogen-bond acceptors (Lipinski definition) is 4. The largest absolute Gasteiger partial charge is 0.321 e. The van der Waals surface area contributed by atoms with Gasteiger partial charge in [0.15, 0.2) is 0 Å². The van der Waals surface area contributed by atoms with E-state index in [1.54, 1.807) is 0 Å². The lowest BCUT2D eigenvalue weighted by atomic mass is 9.80. The van der Waals surface area contributed by atoms with Crippen LogP contribution in [0.3, 0.4) is 0 Å². The molecule has 5 heteroatoms. The van der Waals surface area contributed by atoms with Crippen LogP contribution in [0.5, 0.6) is 0 Å². The SMILES string of the molecule is NO[P@@]1OC[C@@H]2CN1C1CCCC[C@@H]12. The van der Waals surface area contributed by atoms with Gasteiger partial charge in [0.05, 0.1) is 6.61 Å². The van der Waals surface area contributed by atoms with Gasteiger partial charge in [-0.25, -0.2) is 15.2 Å². The first-order valence-corrected chi connectivity index (χ1v) is 6.59. The van der Waals surface area contributed by atoms with Gasteiger partial charge in [-0.15, -0.1) is 0 Å². The van der Waals surface area contributed by atoms with Gasteiger partial charge >= 0.3 is 0 Å². The summed E-state index contributed by atoms with van der Waals surface area (Å²) >= 11 is 0. The number of hydrogen-bond donors (Lipinski definition) is 1. The number of fused-ring (bicyclic) bond motifs is 5. The molecule has 2 unspecified atom stereocenters. The third kappa shape index (κ3) is 1.33. The number of nitrogens with zero attached hydrogens (tertiary/aromatic N) is 1. The van der Waals surface area contributed by atoms with Crippen molar-refractivity contribution in [2.24, 2.45) is 17.7 Å². The maximum atomic E-state index is 5.65. The second-order valence-electron chi connectivity index (χ2n) is 4.54. The summed E-state index contributed by atoms with van der Waals surface area (Å²) in [5, 5.41) is 0. The Morgan fingerprint density at radius 3 is 3.07 bits per heavy atom. The van der Waals surface area contributed by atoms with E-state index in [0.717, 1.165) is 25.0 Å². The second kappa shape index (κ2) is 3.69. The lowest BCUT2D eigenvalue weighted by molar-refractivity contribution is 0.157. The van der Waals surface area contributed by atoms with Crippen LogP contribution in [0.15, 0.2) is 0 Å². The van der Waals surface area contributed by atoms with Crippen molar-refractivity contribution in [1.29, 1.82) is 0 Å². The van der Waals surface area contributed by atoms with Crippen LogP contribution in [0.25, 0.3) is 0 Å². The minimum atomic E-state index is -0.924. The molecule has 2 aliphatic heterocycles. The first-order valence-electron chi connectivity index (χ1n) is 5.46. The molecule has 2 saturated heterocycles. The van der Waals surface area contributed by atoms with Gasteiger partial charge in [0.2, 0.25) is 0 Å². The van der Waals surface area contributed by atoms with Crippen molar-refractivity contribution in [3.8, 4) is 0 Å². The van der Waals surface area contributed by atoms with Crippen molar-refractivity contribution in [2.75, 3.05) is 13.2 Å². The fraction of sp³-hybridized carbons (Fsp3) is 1.00. The summed E-state index contributed by atoms with van der Waals surface area (Å²) in [7, 11) is -0.924. The summed E-state index contributed by atoms with van der Waals surface area (Å²) in [4.78, 5) is 0. The van der Waals surface area contributed by atoms with Crippen molar-refractivity contribution in [2.45, 2.75) is 31.7 Å².